The van der Waals surface area contributed by atoms with Crippen molar-refractivity contribution in [1.82, 2.24) is 4.72 Å². The Hall–Kier alpha value is -1.53. The molecule has 1 heterocycles. The molecular weight excluding hydrogens is 362 g/mol. The first-order valence-electron chi connectivity index (χ1n) is 7.42. The van der Waals surface area contributed by atoms with E-state index in [0.717, 1.165) is 21.9 Å². The van der Waals surface area contributed by atoms with Crippen LogP contribution < -0.4 is 4.72 Å². The van der Waals surface area contributed by atoms with Gasteiger partial charge in [-0.3, -0.25) is 0 Å². The van der Waals surface area contributed by atoms with Gasteiger partial charge in [-0.1, -0.05) is 59.8 Å². The van der Waals surface area contributed by atoms with E-state index in [1.807, 2.05) is 42.5 Å². The van der Waals surface area contributed by atoms with Crippen molar-refractivity contribution in [3.8, 4) is 0 Å². The van der Waals surface area contributed by atoms with Crippen molar-refractivity contribution in [3.05, 3.63) is 70.7 Å². The van der Waals surface area contributed by atoms with Gasteiger partial charge in [-0.25, -0.2) is 8.42 Å². The maximum absolute atomic E-state index is 12.6. The highest BCUT2D eigenvalue weighted by Crippen LogP contribution is 2.44. The molecule has 1 N–H and O–H groups in total. The lowest BCUT2D eigenvalue weighted by Crippen LogP contribution is -2.30. The van der Waals surface area contributed by atoms with Crippen molar-refractivity contribution in [2.75, 3.05) is 0 Å². The van der Waals surface area contributed by atoms with Gasteiger partial charge in [0.2, 0.25) is 10.0 Å². The first kappa shape index (κ1) is 16.0. The van der Waals surface area contributed by atoms with Crippen LogP contribution in [-0.2, 0) is 10.0 Å². The molecule has 0 saturated heterocycles. The summed E-state index contributed by atoms with van der Waals surface area (Å²) in [5.41, 5.74) is 1.68. The van der Waals surface area contributed by atoms with E-state index in [9.17, 15) is 8.42 Å². The minimum absolute atomic E-state index is 0.298. The minimum atomic E-state index is -3.56. The molecule has 0 amide bonds. The van der Waals surface area contributed by atoms with Gasteiger partial charge in [0.1, 0.15) is 0 Å². The van der Waals surface area contributed by atoms with Crippen LogP contribution in [0.15, 0.2) is 64.4 Å². The number of aryl methyl sites for hydroxylation is 1. The SMILES string of the molecule is Cc1cc2c(cc1Cl)SC(c1ccc3ccccc3c1)NS2(=O)=O. The normalized spacial score (nSPS) is 19.2. The monoisotopic (exact) mass is 375 g/mol. The van der Waals surface area contributed by atoms with Gasteiger partial charge in [-0.15, -0.1) is 0 Å². The number of thioether (sulfide) groups is 1. The van der Waals surface area contributed by atoms with E-state index >= 15 is 0 Å². The molecule has 0 bridgehead atoms. The lowest BCUT2D eigenvalue weighted by Gasteiger charge is -2.26. The molecule has 3 aromatic rings. The number of hydrogen-bond acceptors (Lipinski definition) is 3. The Morgan fingerprint density at radius 1 is 1.04 bits per heavy atom. The van der Waals surface area contributed by atoms with Crippen LogP contribution in [0.3, 0.4) is 0 Å². The van der Waals surface area contributed by atoms with E-state index in [4.69, 9.17) is 11.6 Å². The highest BCUT2D eigenvalue weighted by molar-refractivity contribution is 8.02. The lowest BCUT2D eigenvalue weighted by atomic mass is 10.1. The Morgan fingerprint density at radius 3 is 2.58 bits per heavy atom. The Kier molecular flexibility index (Phi) is 3.84. The summed E-state index contributed by atoms with van der Waals surface area (Å²) in [7, 11) is -3.56. The van der Waals surface area contributed by atoms with E-state index in [-0.39, 0.29) is 5.37 Å². The molecule has 1 aliphatic heterocycles. The molecule has 0 fully saturated rings. The maximum atomic E-state index is 12.6. The summed E-state index contributed by atoms with van der Waals surface area (Å²) in [6.45, 7) is 1.80. The van der Waals surface area contributed by atoms with Gasteiger partial charge >= 0.3 is 0 Å². The van der Waals surface area contributed by atoms with Crippen LogP contribution in [0.1, 0.15) is 16.5 Å². The van der Waals surface area contributed by atoms with Gasteiger partial charge in [-0.2, -0.15) is 4.72 Å². The number of rotatable bonds is 1. The van der Waals surface area contributed by atoms with Crippen LogP contribution in [0, 0.1) is 6.92 Å². The summed E-state index contributed by atoms with van der Waals surface area (Å²) in [4.78, 5) is 0.981. The van der Waals surface area contributed by atoms with Gasteiger partial charge in [0.25, 0.3) is 0 Å². The lowest BCUT2D eigenvalue weighted by molar-refractivity contribution is 0.575. The molecule has 1 atom stereocenters. The van der Waals surface area contributed by atoms with Crippen LogP contribution in [-0.4, -0.2) is 8.42 Å². The van der Waals surface area contributed by atoms with Crippen LogP contribution in [0.4, 0.5) is 0 Å². The summed E-state index contributed by atoms with van der Waals surface area (Å²) in [5.74, 6) is 0. The van der Waals surface area contributed by atoms with Crippen molar-refractivity contribution >= 4 is 44.2 Å². The predicted octanol–water partition coefficient (Wildman–Crippen LogP) is 4.88. The molecule has 0 radical (unpaired) electrons. The topological polar surface area (TPSA) is 46.2 Å². The van der Waals surface area contributed by atoms with E-state index in [0.29, 0.717) is 14.8 Å². The summed E-state index contributed by atoms with van der Waals surface area (Å²) < 4.78 is 28.0. The summed E-state index contributed by atoms with van der Waals surface area (Å²) in [5, 5.41) is 2.42. The van der Waals surface area contributed by atoms with Crippen molar-refractivity contribution in [3.63, 3.8) is 0 Å². The predicted molar refractivity (Wildman–Crippen MR) is 99.1 cm³/mol. The van der Waals surface area contributed by atoms with Gasteiger partial charge < -0.3 is 0 Å². The standard InChI is InChI=1S/C18H14ClNO2S2/c1-11-8-17-16(10-15(11)19)23-18(20-24(17,21)22)14-7-6-12-4-2-3-5-13(12)9-14/h2-10,18,20H,1H3. The van der Waals surface area contributed by atoms with Crippen molar-refractivity contribution in [2.45, 2.75) is 22.1 Å². The van der Waals surface area contributed by atoms with E-state index < -0.39 is 10.0 Å². The molecule has 6 heteroatoms. The number of nitrogens with one attached hydrogen (secondary N) is 1. The first-order chi connectivity index (χ1) is 11.4. The van der Waals surface area contributed by atoms with E-state index in [1.165, 1.54) is 11.8 Å². The fourth-order valence-corrected chi connectivity index (χ4v) is 6.17. The molecule has 1 aliphatic rings. The summed E-state index contributed by atoms with van der Waals surface area (Å²) in [6.07, 6.45) is 0. The molecular formula is C18H14ClNO2S2. The molecule has 3 nitrogen and oxygen atoms in total. The van der Waals surface area contributed by atoms with Crippen molar-refractivity contribution < 1.29 is 8.42 Å². The summed E-state index contributed by atoms with van der Waals surface area (Å²) in [6, 6.07) is 17.4. The molecule has 0 saturated carbocycles. The molecule has 24 heavy (non-hydrogen) atoms. The van der Waals surface area contributed by atoms with Crippen molar-refractivity contribution in [2.24, 2.45) is 0 Å². The van der Waals surface area contributed by atoms with Gasteiger partial charge in [-0.05, 0) is 47.0 Å². The maximum Gasteiger partial charge on any atom is 0.242 e. The number of fused-ring (bicyclic) bond motifs is 2. The Morgan fingerprint density at radius 2 is 1.79 bits per heavy atom. The molecule has 3 aromatic carbocycles. The highest BCUT2D eigenvalue weighted by atomic mass is 35.5. The molecule has 0 aliphatic carbocycles. The molecule has 0 aromatic heterocycles. The molecule has 4 rings (SSSR count). The minimum Gasteiger partial charge on any atom is -0.207 e. The van der Waals surface area contributed by atoms with Gasteiger partial charge in [0.15, 0.2) is 0 Å². The average Bonchev–Trinajstić information content (AvgIpc) is 2.56. The second-order valence-corrected chi connectivity index (χ2v) is 9.01. The van der Waals surface area contributed by atoms with Crippen LogP contribution in [0.2, 0.25) is 5.02 Å². The number of hydrogen-bond donors (Lipinski definition) is 1. The largest absolute Gasteiger partial charge is 0.242 e. The Labute approximate surface area is 150 Å². The third-order valence-electron chi connectivity index (χ3n) is 4.10. The van der Waals surface area contributed by atoms with Crippen LogP contribution in [0.5, 0.6) is 0 Å². The zero-order valence-corrected chi connectivity index (χ0v) is 15.2. The third kappa shape index (κ3) is 2.71. The Balaban J connectivity index is 1.81. The zero-order valence-electron chi connectivity index (χ0n) is 12.8. The van der Waals surface area contributed by atoms with Gasteiger partial charge in [0.05, 0.1) is 10.3 Å². The average molecular weight is 376 g/mol. The first-order valence-corrected chi connectivity index (χ1v) is 10.2. The number of halogens is 1. The molecule has 0 spiro atoms. The second kappa shape index (κ2) is 5.77. The van der Waals surface area contributed by atoms with Gasteiger partial charge in [0, 0.05) is 9.92 Å². The zero-order chi connectivity index (χ0) is 16.9. The van der Waals surface area contributed by atoms with Crippen molar-refractivity contribution in [1.29, 1.82) is 0 Å². The second-order valence-electron chi connectivity index (χ2n) is 5.77. The third-order valence-corrected chi connectivity index (χ3v) is 7.46. The number of sulfonamides is 1. The molecule has 1 unspecified atom stereocenters. The fraction of sp³-hybridized carbons (Fsp3) is 0.111. The quantitative estimate of drug-likeness (QED) is 0.659. The number of benzene rings is 3. The van der Waals surface area contributed by atoms with E-state index in [2.05, 4.69) is 4.72 Å². The summed E-state index contributed by atoms with van der Waals surface area (Å²) >= 11 is 7.65. The van der Waals surface area contributed by atoms with E-state index in [1.54, 1.807) is 19.1 Å². The van der Waals surface area contributed by atoms with Crippen LogP contribution in [0.25, 0.3) is 10.8 Å². The molecule has 122 valence electrons. The highest BCUT2D eigenvalue weighted by Gasteiger charge is 2.31. The van der Waals surface area contributed by atoms with Crippen LogP contribution >= 0.6 is 23.4 Å². The Bertz CT molecular complexity index is 1060. The smallest absolute Gasteiger partial charge is 0.207 e. The fourth-order valence-electron chi connectivity index (χ4n) is 2.80.